The Balaban J connectivity index is 1.91. The molecule has 0 spiro atoms. The van der Waals surface area contributed by atoms with E-state index in [1.54, 1.807) is 0 Å². The molecule has 4 aromatic rings. The van der Waals surface area contributed by atoms with E-state index in [0.29, 0.717) is 5.56 Å². The van der Waals surface area contributed by atoms with Crippen molar-refractivity contribution in [3.63, 3.8) is 0 Å². The normalized spacial score (nSPS) is 11.4. The molecule has 1 radical (unpaired) electrons. The van der Waals surface area contributed by atoms with Crippen LogP contribution in [-0.2, 0) is 13.0 Å². The van der Waals surface area contributed by atoms with E-state index in [-0.39, 0.29) is 0 Å². The molecule has 0 saturated carbocycles. The first-order valence-electron chi connectivity index (χ1n) is 10.8. The second-order valence-corrected chi connectivity index (χ2v) is 8.29. The molecule has 1 aromatic heterocycles. The molecule has 3 aromatic carbocycles. The Labute approximate surface area is 178 Å². The number of nitrogens with zero attached hydrogens (tertiary/aromatic N) is 1. The summed E-state index contributed by atoms with van der Waals surface area (Å²) in [6.07, 6.45) is 4.67. The summed E-state index contributed by atoms with van der Waals surface area (Å²) in [4.78, 5) is 12.1. The van der Waals surface area contributed by atoms with E-state index >= 15 is 0 Å². The largest absolute Gasteiger partial charge is 0.366 e. The molecule has 0 aliphatic rings. The van der Waals surface area contributed by atoms with Gasteiger partial charge in [-0.25, -0.2) is 0 Å². The topological polar surface area (TPSA) is 48.0 Å². The van der Waals surface area contributed by atoms with Crippen LogP contribution in [-0.4, -0.2) is 10.5 Å². The van der Waals surface area contributed by atoms with Crippen molar-refractivity contribution in [3.8, 4) is 0 Å². The Hall–Kier alpha value is -3.07. The van der Waals surface area contributed by atoms with Gasteiger partial charge in [-0.1, -0.05) is 50.1 Å². The van der Waals surface area contributed by atoms with Crippen molar-refractivity contribution in [1.82, 2.24) is 4.57 Å². The predicted octanol–water partition coefficient (Wildman–Crippen LogP) is 6.09. The van der Waals surface area contributed by atoms with Gasteiger partial charge in [0, 0.05) is 22.9 Å². The molecule has 0 unspecified atom stereocenters. The van der Waals surface area contributed by atoms with Gasteiger partial charge in [0.1, 0.15) is 0 Å². The molecule has 4 rings (SSSR count). The lowest BCUT2D eigenvalue weighted by molar-refractivity contribution is 0.100. The van der Waals surface area contributed by atoms with Crippen LogP contribution < -0.4 is 5.73 Å². The van der Waals surface area contributed by atoms with Gasteiger partial charge in [0.2, 0.25) is 5.91 Å². The number of unbranched alkanes of at least 4 members (excludes halogenated alkanes) is 2. The Kier molecular flexibility index (Phi) is 5.63. The van der Waals surface area contributed by atoms with Crippen LogP contribution in [0, 0.1) is 19.9 Å². The average molecular weight is 398 g/mol. The van der Waals surface area contributed by atoms with Crippen molar-refractivity contribution in [3.05, 3.63) is 82.4 Å². The van der Waals surface area contributed by atoms with Crippen molar-refractivity contribution in [2.45, 2.75) is 53.0 Å². The van der Waals surface area contributed by atoms with Gasteiger partial charge in [0.05, 0.1) is 11.0 Å². The number of benzene rings is 3. The molecule has 0 atom stereocenters. The third kappa shape index (κ3) is 3.72. The zero-order chi connectivity index (χ0) is 21.3. The number of hydrogen-bond donors (Lipinski definition) is 1. The molecule has 30 heavy (non-hydrogen) atoms. The highest BCUT2D eigenvalue weighted by Gasteiger charge is 2.17. The monoisotopic (exact) mass is 397 g/mol. The quantitative estimate of drug-likeness (QED) is 0.377. The third-order valence-corrected chi connectivity index (χ3v) is 6.10. The highest BCUT2D eigenvalue weighted by atomic mass is 16.1. The smallest absolute Gasteiger partial charge is 0.249 e. The Morgan fingerprint density at radius 2 is 1.83 bits per heavy atom. The lowest BCUT2D eigenvalue weighted by Gasteiger charge is -2.11. The summed E-state index contributed by atoms with van der Waals surface area (Å²) in [6, 6.07) is 20.3. The number of carbonyl (C=O) groups excluding carboxylic acids is 1. The highest BCUT2D eigenvalue weighted by molar-refractivity contribution is 6.17. The predicted molar refractivity (Wildman–Crippen MR) is 125 cm³/mol. The third-order valence-electron chi connectivity index (χ3n) is 6.10. The van der Waals surface area contributed by atoms with E-state index in [1.807, 2.05) is 12.1 Å². The van der Waals surface area contributed by atoms with Gasteiger partial charge < -0.3 is 10.3 Å². The number of aryl methyl sites for hydroxylation is 3. The number of hydrogen-bond acceptors (Lipinski definition) is 1. The van der Waals surface area contributed by atoms with E-state index < -0.39 is 5.91 Å². The first-order chi connectivity index (χ1) is 14.5. The molecule has 3 nitrogen and oxygen atoms in total. The first-order valence-corrected chi connectivity index (χ1v) is 10.8. The van der Waals surface area contributed by atoms with Crippen LogP contribution in [0.15, 0.2) is 48.5 Å². The minimum atomic E-state index is -0.397. The molecular formula is C27H29N2O. The molecule has 0 aliphatic carbocycles. The summed E-state index contributed by atoms with van der Waals surface area (Å²) < 4.78 is 2.31. The summed E-state index contributed by atoms with van der Waals surface area (Å²) >= 11 is 0. The second-order valence-electron chi connectivity index (χ2n) is 8.29. The van der Waals surface area contributed by atoms with E-state index in [0.717, 1.165) is 34.8 Å². The zero-order valence-corrected chi connectivity index (χ0v) is 18.1. The minimum absolute atomic E-state index is 0.397. The van der Waals surface area contributed by atoms with Gasteiger partial charge in [0.15, 0.2) is 0 Å². The summed E-state index contributed by atoms with van der Waals surface area (Å²) in [6.45, 7) is 7.25. The standard InChI is InChI=1S/C27H29N2O/c1-4-5-6-8-20-13-14-22-25(16-20)29(17-21-12-11-18(2)19(3)15-21)24-10-7-9-23(26(22)24)27(28)30/h7,9-13,15-16H,4-6,8,17H2,1-3H3,(H2,28,30). The molecule has 1 amide bonds. The molecular weight excluding hydrogens is 368 g/mol. The summed E-state index contributed by atoms with van der Waals surface area (Å²) in [5, 5.41) is 1.88. The van der Waals surface area contributed by atoms with Crippen molar-refractivity contribution in [1.29, 1.82) is 0 Å². The first kappa shape index (κ1) is 20.2. The SMILES string of the molecule is CCCCCc1c[c]c2c3c(C(N)=O)cccc3n(Cc3ccc(C)c(C)c3)c2c1. The fourth-order valence-corrected chi connectivity index (χ4v) is 4.28. The molecule has 0 fully saturated rings. The Morgan fingerprint density at radius 1 is 1.00 bits per heavy atom. The maximum absolute atomic E-state index is 12.1. The molecule has 0 saturated heterocycles. The van der Waals surface area contributed by atoms with Crippen LogP contribution >= 0.6 is 0 Å². The van der Waals surface area contributed by atoms with Crippen molar-refractivity contribution < 1.29 is 4.79 Å². The lowest BCUT2D eigenvalue weighted by atomic mass is 10.0. The number of rotatable bonds is 7. The fourth-order valence-electron chi connectivity index (χ4n) is 4.28. The molecule has 0 aliphatic heterocycles. The average Bonchev–Trinajstić information content (AvgIpc) is 3.04. The van der Waals surface area contributed by atoms with E-state index in [9.17, 15) is 4.79 Å². The molecule has 2 N–H and O–H groups in total. The van der Waals surface area contributed by atoms with Gasteiger partial charge in [-0.3, -0.25) is 4.79 Å². The van der Waals surface area contributed by atoms with Crippen LogP contribution in [0.2, 0.25) is 0 Å². The summed E-state index contributed by atoms with van der Waals surface area (Å²) in [5.41, 5.74) is 13.6. The van der Waals surface area contributed by atoms with Gasteiger partial charge in [-0.15, -0.1) is 0 Å². The number of nitrogens with two attached hydrogens (primary N) is 1. The number of carbonyl (C=O) groups is 1. The lowest BCUT2D eigenvalue weighted by Crippen LogP contribution is -2.11. The number of aromatic nitrogens is 1. The Morgan fingerprint density at radius 3 is 2.57 bits per heavy atom. The van der Waals surface area contributed by atoms with Gasteiger partial charge in [0.25, 0.3) is 0 Å². The fraction of sp³-hybridized carbons (Fsp3) is 0.296. The zero-order valence-electron chi connectivity index (χ0n) is 18.1. The minimum Gasteiger partial charge on any atom is -0.366 e. The highest BCUT2D eigenvalue weighted by Crippen LogP contribution is 2.33. The second kappa shape index (κ2) is 8.35. The maximum atomic E-state index is 12.1. The van der Waals surface area contributed by atoms with Crippen LogP contribution in [0.3, 0.4) is 0 Å². The van der Waals surface area contributed by atoms with Crippen molar-refractivity contribution in [2.24, 2.45) is 5.73 Å². The number of fused-ring (bicyclic) bond motifs is 3. The van der Waals surface area contributed by atoms with E-state index in [4.69, 9.17) is 5.73 Å². The molecule has 3 heteroatoms. The van der Waals surface area contributed by atoms with Gasteiger partial charge in [-0.2, -0.15) is 0 Å². The molecule has 1 heterocycles. The van der Waals surface area contributed by atoms with Crippen molar-refractivity contribution >= 4 is 27.7 Å². The number of amides is 1. The van der Waals surface area contributed by atoms with Crippen LogP contribution in [0.4, 0.5) is 0 Å². The van der Waals surface area contributed by atoms with Gasteiger partial charge >= 0.3 is 0 Å². The summed E-state index contributed by atoms with van der Waals surface area (Å²) in [5.74, 6) is -0.397. The van der Waals surface area contributed by atoms with Crippen LogP contribution in [0.5, 0.6) is 0 Å². The van der Waals surface area contributed by atoms with Gasteiger partial charge in [-0.05, 0) is 73.2 Å². The van der Waals surface area contributed by atoms with E-state index in [1.165, 1.54) is 41.5 Å². The van der Waals surface area contributed by atoms with Crippen LogP contribution in [0.25, 0.3) is 21.8 Å². The van der Waals surface area contributed by atoms with Crippen LogP contribution in [0.1, 0.15) is 58.8 Å². The summed E-state index contributed by atoms with van der Waals surface area (Å²) in [7, 11) is 0. The maximum Gasteiger partial charge on any atom is 0.249 e. The molecule has 153 valence electrons. The van der Waals surface area contributed by atoms with Crippen molar-refractivity contribution in [2.75, 3.05) is 0 Å². The molecule has 0 bridgehead atoms. The van der Waals surface area contributed by atoms with E-state index in [2.05, 4.69) is 67.8 Å². The number of primary amides is 1. The Bertz CT molecular complexity index is 1230.